The number of hydrogen-bond acceptors (Lipinski definition) is 2. The Bertz CT molecular complexity index is 701. The second kappa shape index (κ2) is 3.85. The van der Waals surface area contributed by atoms with Crippen molar-refractivity contribution in [2.75, 3.05) is 0 Å². The van der Waals surface area contributed by atoms with E-state index in [-0.39, 0.29) is 0 Å². The smallest absolute Gasteiger partial charge is 0.103 e. The molecule has 0 aliphatic heterocycles. The Morgan fingerprint density at radius 2 is 2.24 bits per heavy atom. The van der Waals surface area contributed by atoms with Gasteiger partial charge in [0.2, 0.25) is 0 Å². The van der Waals surface area contributed by atoms with E-state index in [4.69, 9.17) is 11.6 Å². The summed E-state index contributed by atoms with van der Waals surface area (Å²) in [6.07, 6.45) is 3.72. The van der Waals surface area contributed by atoms with E-state index < -0.39 is 0 Å². The third kappa shape index (κ3) is 1.75. The molecule has 2 aromatic heterocycles. The lowest BCUT2D eigenvalue weighted by Gasteiger charge is -1.97. The molecule has 0 atom stereocenters. The summed E-state index contributed by atoms with van der Waals surface area (Å²) in [6.45, 7) is 0. The van der Waals surface area contributed by atoms with Crippen LogP contribution in [0, 0.1) is 0 Å². The van der Waals surface area contributed by atoms with E-state index in [9.17, 15) is 0 Å². The van der Waals surface area contributed by atoms with Gasteiger partial charge in [-0.3, -0.25) is 9.78 Å². The van der Waals surface area contributed by atoms with Crippen LogP contribution in [0.2, 0.25) is 5.02 Å². The van der Waals surface area contributed by atoms with Crippen molar-refractivity contribution < 1.29 is 0 Å². The molecule has 0 spiro atoms. The molecular formula is C11H8BrClN4. The molecule has 0 radical (unpaired) electrons. The number of nitrogens with zero attached hydrogens (tertiary/aromatic N) is 3. The predicted molar refractivity (Wildman–Crippen MR) is 71.0 cm³/mol. The van der Waals surface area contributed by atoms with E-state index in [1.165, 1.54) is 0 Å². The first-order valence-electron chi connectivity index (χ1n) is 4.97. The fourth-order valence-corrected chi connectivity index (χ4v) is 2.28. The number of fused-ring (bicyclic) bond motifs is 1. The lowest BCUT2D eigenvalue weighted by Crippen LogP contribution is -1.84. The summed E-state index contributed by atoms with van der Waals surface area (Å²) in [6, 6.07) is 3.82. The van der Waals surface area contributed by atoms with Crippen LogP contribution in [0.3, 0.4) is 0 Å². The summed E-state index contributed by atoms with van der Waals surface area (Å²) >= 11 is 9.45. The minimum atomic E-state index is 0.666. The summed E-state index contributed by atoms with van der Waals surface area (Å²) in [7, 11) is 1.88. The molecule has 0 aliphatic carbocycles. The minimum Gasteiger partial charge on any atom is -0.277 e. The van der Waals surface area contributed by atoms with E-state index in [1.807, 2.05) is 25.4 Å². The van der Waals surface area contributed by atoms with E-state index in [0.717, 1.165) is 26.6 Å². The van der Waals surface area contributed by atoms with Gasteiger partial charge >= 0.3 is 0 Å². The number of hydrogen-bond donors (Lipinski definition) is 1. The number of H-pyrrole nitrogens is 1. The average molecular weight is 312 g/mol. The van der Waals surface area contributed by atoms with Crippen molar-refractivity contribution in [3.05, 3.63) is 34.0 Å². The van der Waals surface area contributed by atoms with E-state index >= 15 is 0 Å². The predicted octanol–water partition coefficient (Wildman–Crippen LogP) is 3.38. The molecule has 0 saturated heterocycles. The number of rotatable bonds is 1. The van der Waals surface area contributed by atoms with Crippen LogP contribution in [0.5, 0.6) is 0 Å². The van der Waals surface area contributed by atoms with E-state index in [1.54, 1.807) is 10.9 Å². The van der Waals surface area contributed by atoms with Crippen LogP contribution in [0.15, 0.2) is 29.0 Å². The lowest BCUT2D eigenvalue weighted by molar-refractivity contribution is 0.768. The van der Waals surface area contributed by atoms with Crippen LogP contribution in [0.1, 0.15) is 0 Å². The molecule has 2 heterocycles. The molecule has 0 aliphatic rings. The molecule has 1 aromatic carbocycles. The molecule has 3 aromatic rings. The van der Waals surface area contributed by atoms with Crippen LogP contribution >= 0.6 is 27.5 Å². The highest BCUT2D eigenvalue weighted by Crippen LogP contribution is 2.32. The average Bonchev–Trinajstić information content (AvgIpc) is 2.86. The van der Waals surface area contributed by atoms with E-state index in [2.05, 4.69) is 31.2 Å². The van der Waals surface area contributed by atoms with Crippen molar-refractivity contribution in [1.82, 2.24) is 20.0 Å². The largest absolute Gasteiger partial charge is 0.277 e. The normalized spacial score (nSPS) is 11.2. The van der Waals surface area contributed by atoms with Gasteiger partial charge in [0.1, 0.15) is 5.69 Å². The van der Waals surface area contributed by atoms with Crippen molar-refractivity contribution >= 4 is 38.4 Å². The Morgan fingerprint density at radius 3 is 2.94 bits per heavy atom. The van der Waals surface area contributed by atoms with Gasteiger partial charge < -0.3 is 0 Å². The van der Waals surface area contributed by atoms with Crippen molar-refractivity contribution in [1.29, 1.82) is 0 Å². The molecule has 0 fully saturated rings. The first-order valence-corrected chi connectivity index (χ1v) is 6.14. The Labute approximate surface area is 111 Å². The zero-order valence-corrected chi connectivity index (χ0v) is 11.2. The third-order valence-corrected chi connectivity index (χ3v) is 3.78. The topological polar surface area (TPSA) is 46.5 Å². The fourth-order valence-electron chi connectivity index (χ4n) is 1.78. The number of halogens is 2. The van der Waals surface area contributed by atoms with Gasteiger partial charge in [-0.15, -0.1) is 0 Å². The Hall–Kier alpha value is -1.33. The summed E-state index contributed by atoms with van der Waals surface area (Å²) in [4.78, 5) is 0. The maximum atomic E-state index is 6.04. The first-order chi connectivity index (χ1) is 8.15. The van der Waals surface area contributed by atoms with Gasteiger partial charge in [0.25, 0.3) is 0 Å². The van der Waals surface area contributed by atoms with Crippen LogP contribution in [0.4, 0.5) is 0 Å². The molecule has 3 rings (SSSR count). The number of benzene rings is 1. The summed E-state index contributed by atoms with van der Waals surface area (Å²) in [5, 5.41) is 13.1. The Morgan fingerprint density at radius 1 is 1.41 bits per heavy atom. The maximum Gasteiger partial charge on any atom is 0.103 e. The molecule has 0 bridgehead atoms. The van der Waals surface area contributed by atoms with Gasteiger partial charge in [0.15, 0.2) is 0 Å². The van der Waals surface area contributed by atoms with Crippen LogP contribution < -0.4 is 0 Å². The van der Waals surface area contributed by atoms with Gasteiger partial charge in [0.05, 0.1) is 16.7 Å². The molecule has 0 amide bonds. The van der Waals surface area contributed by atoms with Crippen LogP contribution in [-0.4, -0.2) is 20.0 Å². The molecular weight excluding hydrogens is 304 g/mol. The number of nitrogens with one attached hydrogen (secondary N) is 1. The third-order valence-electron chi connectivity index (χ3n) is 2.58. The van der Waals surface area contributed by atoms with Gasteiger partial charge in [0, 0.05) is 28.7 Å². The highest BCUT2D eigenvalue weighted by Gasteiger charge is 2.11. The van der Waals surface area contributed by atoms with Crippen molar-refractivity contribution in [2.45, 2.75) is 0 Å². The highest BCUT2D eigenvalue weighted by molar-refractivity contribution is 9.10. The Kier molecular flexibility index (Phi) is 2.45. The van der Waals surface area contributed by atoms with Gasteiger partial charge in [-0.2, -0.15) is 10.2 Å². The van der Waals surface area contributed by atoms with Crippen molar-refractivity contribution in [3.8, 4) is 11.3 Å². The SMILES string of the molecule is Cn1cc(-c2n[nH]c3cc(Cl)c(Br)cc23)cn1. The van der Waals surface area contributed by atoms with Crippen LogP contribution in [0.25, 0.3) is 22.2 Å². The Balaban J connectivity index is 2.27. The molecule has 17 heavy (non-hydrogen) atoms. The quantitative estimate of drug-likeness (QED) is 0.749. The maximum absolute atomic E-state index is 6.04. The second-order valence-corrected chi connectivity index (χ2v) is 5.05. The van der Waals surface area contributed by atoms with Gasteiger partial charge in [-0.25, -0.2) is 0 Å². The lowest BCUT2D eigenvalue weighted by atomic mass is 10.1. The first kappa shape index (κ1) is 10.8. The zero-order valence-electron chi connectivity index (χ0n) is 8.91. The highest BCUT2D eigenvalue weighted by atomic mass is 79.9. The van der Waals surface area contributed by atoms with Crippen molar-refractivity contribution in [2.24, 2.45) is 7.05 Å². The summed E-state index contributed by atoms with van der Waals surface area (Å²) in [5.74, 6) is 0. The number of aromatic nitrogens is 4. The van der Waals surface area contributed by atoms with Crippen LogP contribution in [-0.2, 0) is 7.05 Å². The van der Waals surface area contributed by atoms with Gasteiger partial charge in [-0.05, 0) is 28.1 Å². The number of aromatic amines is 1. The molecule has 0 saturated carbocycles. The summed E-state index contributed by atoms with van der Waals surface area (Å²) < 4.78 is 2.61. The molecule has 6 heteroatoms. The van der Waals surface area contributed by atoms with Gasteiger partial charge in [-0.1, -0.05) is 11.6 Å². The second-order valence-electron chi connectivity index (χ2n) is 3.79. The summed E-state index contributed by atoms with van der Waals surface area (Å²) in [5.41, 5.74) is 2.77. The molecule has 4 nitrogen and oxygen atoms in total. The monoisotopic (exact) mass is 310 g/mol. The molecule has 0 unspecified atom stereocenters. The zero-order chi connectivity index (χ0) is 12.0. The number of aryl methyl sites for hydroxylation is 1. The molecule has 86 valence electrons. The minimum absolute atomic E-state index is 0.666. The molecule has 1 N–H and O–H groups in total. The van der Waals surface area contributed by atoms with E-state index in [0.29, 0.717) is 5.02 Å². The van der Waals surface area contributed by atoms with Crippen molar-refractivity contribution in [3.63, 3.8) is 0 Å². The fraction of sp³-hybridized carbons (Fsp3) is 0.0909. The standard InChI is InChI=1S/C11H8BrClN4/c1-17-5-6(4-14-17)11-7-2-8(12)9(13)3-10(7)15-16-11/h2-5H,1H3,(H,15,16).